The van der Waals surface area contributed by atoms with Crippen LogP contribution in [0, 0.1) is 11.6 Å². The minimum atomic E-state index is -0.903. The molecule has 0 atom stereocenters. The summed E-state index contributed by atoms with van der Waals surface area (Å²) in [5, 5.41) is 11.2. The molecule has 2 aromatic rings. The van der Waals surface area contributed by atoms with Gasteiger partial charge in [0.1, 0.15) is 17.1 Å². The number of nitrogens with one attached hydrogen (secondary N) is 1. The van der Waals surface area contributed by atoms with E-state index in [0.717, 1.165) is 18.2 Å². The molecule has 104 valence electrons. The number of benzene rings is 2. The zero-order chi connectivity index (χ0) is 14.9. The fraction of sp³-hybridized carbons (Fsp3) is 0. The molecule has 1 amide bonds. The van der Waals surface area contributed by atoms with Gasteiger partial charge < -0.3 is 10.4 Å². The summed E-state index contributed by atoms with van der Waals surface area (Å²) >= 11 is 11.2. The Hall–Kier alpha value is -1.85. The summed E-state index contributed by atoms with van der Waals surface area (Å²) in [5.74, 6) is -3.12. The zero-order valence-electron chi connectivity index (χ0n) is 9.75. The standard InChI is InChI=1S/C13H7Cl2F2NO2/c14-7-4-6(5-8(15)12(7)17)18-13(20)11-9(16)2-1-3-10(11)19/h1-5,19H,(H,18,20). The molecule has 0 aliphatic rings. The number of rotatable bonds is 2. The van der Waals surface area contributed by atoms with Crippen molar-refractivity contribution >= 4 is 34.8 Å². The Bertz CT molecular complexity index is 649. The normalized spacial score (nSPS) is 10.4. The molecule has 0 saturated heterocycles. The van der Waals surface area contributed by atoms with E-state index < -0.39 is 28.9 Å². The lowest BCUT2D eigenvalue weighted by molar-refractivity contribution is 0.102. The Balaban J connectivity index is 2.33. The largest absolute Gasteiger partial charge is 0.507 e. The lowest BCUT2D eigenvalue weighted by Gasteiger charge is -2.09. The third kappa shape index (κ3) is 2.84. The predicted molar refractivity (Wildman–Crippen MR) is 72.4 cm³/mol. The fourth-order valence-electron chi connectivity index (χ4n) is 1.56. The van der Waals surface area contributed by atoms with Gasteiger partial charge in [0, 0.05) is 5.69 Å². The van der Waals surface area contributed by atoms with Crippen molar-refractivity contribution < 1.29 is 18.7 Å². The lowest BCUT2D eigenvalue weighted by atomic mass is 10.1. The number of phenols is 1. The molecule has 0 unspecified atom stereocenters. The number of hydrogen-bond acceptors (Lipinski definition) is 2. The molecule has 0 radical (unpaired) electrons. The maximum atomic E-state index is 13.5. The lowest BCUT2D eigenvalue weighted by Crippen LogP contribution is -2.14. The smallest absolute Gasteiger partial charge is 0.262 e. The summed E-state index contributed by atoms with van der Waals surface area (Å²) in [6.07, 6.45) is 0. The Morgan fingerprint density at radius 3 is 2.30 bits per heavy atom. The number of anilines is 1. The van der Waals surface area contributed by atoms with Crippen molar-refractivity contribution in [3.8, 4) is 5.75 Å². The molecule has 0 spiro atoms. The summed E-state index contributed by atoms with van der Waals surface area (Å²) in [7, 11) is 0. The SMILES string of the molecule is O=C(Nc1cc(Cl)c(F)c(Cl)c1)c1c(O)cccc1F. The third-order valence-electron chi connectivity index (χ3n) is 2.46. The van der Waals surface area contributed by atoms with Gasteiger partial charge in [-0.15, -0.1) is 0 Å². The first-order valence-corrected chi connectivity index (χ1v) is 6.09. The average molecular weight is 318 g/mol. The summed E-state index contributed by atoms with van der Waals surface area (Å²) < 4.78 is 26.7. The molecule has 2 aromatic carbocycles. The van der Waals surface area contributed by atoms with Crippen molar-refractivity contribution in [1.82, 2.24) is 0 Å². The van der Waals surface area contributed by atoms with Crippen LogP contribution in [0.4, 0.5) is 14.5 Å². The van der Waals surface area contributed by atoms with Crippen LogP contribution in [-0.2, 0) is 0 Å². The Labute approximate surface area is 122 Å². The highest BCUT2D eigenvalue weighted by atomic mass is 35.5. The Morgan fingerprint density at radius 1 is 1.15 bits per heavy atom. The molecule has 2 rings (SSSR count). The number of amides is 1. The van der Waals surface area contributed by atoms with E-state index in [-0.39, 0.29) is 15.7 Å². The number of aromatic hydroxyl groups is 1. The van der Waals surface area contributed by atoms with Gasteiger partial charge in [0.25, 0.3) is 5.91 Å². The first kappa shape index (κ1) is 14.6. The molecular weight excluding hydrogens is 311 g/mol. The van der Waals surface area contributed by atoms with Crippen molar-refractivity contribution in [2.75, 3.05) is 5.32 Å². The molecule has 0 bridgehead atoms. The van der Waals surface area contributed by atoms with Crippen LogP contribution in [0.5, 0.6) is 5.75 Å². The summed E-state index contributed by atoms with van der Waals surface area (Å²) in [5.41, 5.74) is -0.446. The number of halogens is 4. The topological polar surface area (TPSA) is 49.3 Å². The maximum absolute atomic E-state index is 13.5. The van der Waals surface area contributed by atoms with E-state index in [1.165, 1.54) is 12.1 Å². The maximum Gasteiger partial charge on any atom is 0.262 e. The molecule has 20 heavy (non-hydrogen) atoms. The van der Waals surface area contributed by atoms with Crippen LogP contribution in [-0.4, -0.2) is 11.0 Å². The molecule has 0 saturated carbocycles. The first-order chi connectivity index (χ1) is 9.40. The Morgan fingerprint density at radius 2 is 1.75 bits per heavy atom. The number of carbonyl (C=O) groups excluding carboxylic acids is 1. The highest BCUT2D eigenvalue weighted by Gasteiger charge is 2.17. The second kappa shape index (κ2) is 5.64. The second-order valence-electron chi connectivity index (χ2n) is 3.84. The number of carbonyl (C=O) groups is 1. The first-order valence-electron chi connectivity index (χ1n) is 5.33. The van der Waals surface area contributed by atoms with Crippen molar-refractivity contribution in [2.45, 2.75) is 0 Å². The average Bonchev–Trinajstić information content (AvgIpc) is 2.35. The molecule has 2 N–H and O–H groups in total. The van der Waals surface area contributed by atoms with Crippen molar-refractivity contribution in [3.05, 3.63) is 57.6 Å². The molecule has 3 nitrogen and oxygen atoms in total. The minimum Gasteiger partial charge on any atom is -0.507 e. The monoisotopic (exact) mass is 317 g/mol. The van der Waals surface area contributed by atoms with Crippen LogP contribution >= 0.6 is 23.2 Å². The highest BCUT2D eigenvalue weighted by molar-refractivity contribution is 6.35. The van der Waals surface area contributed by atoms with Gasteiger partial charge in [-0.05, 0) is 24.3 Å². The van der Waals surface area contributed by atoms with E-state index in [1.54, 1.807) is 0 Å². The number of hydrogen-bond donors (Lipinski definition) is 2. The number of phenolic OH excluding ortho intramolecular Hbond substituents is 1. The summed E-state index contributed by atoms with van der Waals surface area (Å²) in [4.78, 5) is 11.9. The van der Waals surface area contributed by atoms with E-state index >= 15 is 0 Å². The van der Waals surface area contributed by atoms with Crippen LogP contribution < -0.4 is 5.32 Å². The molecule has 0 aromatic heterocycles. The van der Waals surface area contributed by atoms with Gasteiger partial charge in [-0.3, -0.25) is 4.79 Å². The highest BCUT2D eigenvalue weighted by Crippen LogP contribution is 2.28. The summed E-state index contributed by atoms with van der Waals surface area (Å²) in [6.45, 7) is 0. The van der Waals surface area contributed by atoms with Gasteiger partial charge in [0.15, 0.2) is 5.82 Å². The second-order valence-corrected chi connectivity index (χ2v) is 4.66. The van der Waals surface area contributed by atoms with Crippen LogP contribution in [0.25, 0.3) is 0 Å². The van der Waals surface area contributed by atoms with E-state index in [1.807, 2.05) is 0 Å². The molecule has 0 aliphatic carbocycles. The van der Waals surface area contributed by atoms with Gasteiger partial charge in [-0.25, -0.2) is 8.78 Å². The molecule has 0 aliphatic heterocycles. The third-order valence-corrected chi connectivity index (χ3v) is 3.01. The zero-order valence-corrected chi connectivity index (χ0v) is 11.3. The summed E-state index contributed by atoms with van der Waals surface area (Å²) in [6, 6.07) is 5.70. The quantitative estimate of drug-likeness (QED) is 0.814. The minimum absolute atomic E-state index is 0.0778. The predicted octanol–water partition coefficient (Wildman–Crippen LogP) is 4.23. The van der Waals surface area contributed by atoms with E-state index in [4.69, 9.17) is 23.2 Å². The van der Waals surface area contributed by atoms with Gasteiger partial charge in [-0.2, -0.15) is 0 Å². The van der Waals surface area contributed by atoms with E-state index in [2.05, 4.69) is 5.32 Å². The van der Waals surface area contributed by atoms with Crippen LogP contribution in [0.1, 0.15) is 10.4 Å². The van der Waals surface area contributed by atoms with Gasteiger partial charge in [-0.1, -0.05) is 29.3 Å². The molecule has 0 heterocycles. The van der Waals surface area contributed by atoms with E-state index in [9.17, 15) is 18.7 Å². The van der Waals surface area contributed by atoms with Crippen molar-refractivity contribution in [3.63, 3.8) is 0 Å². The molecular formula is C13H7Cl2F2NO2. The van der Waals surface area contributed by atoms with Gasteiger partial charge in [0.05, 0.1) is 10.0 Å². The van der Waals surface area contributed by atoms with E-state index in [0.29, 0.717) is 0 Å². The fourth-order valence-corrected chi connectivity index (χ4v) is 2.05. The van der Waals surface area contributed by atoms with Crippen molar-refractivity contribution in [2.24, 2.45) is 0 Å². The van der Waals surface area contributed by atoms with Crippen LogP contribution in [0.15, 0.2) is 30.3 Å². The van der Waals surface area contributed by atoms with Gasteiger partial charge in [0.2, 0.25) is 0 Å². The Kier molecular flexibility index (Phi) is 4.11. The van der Waals surface area contributed by atoms with Crippen LogP contribution in [0.2, 0.25) is 10.0 Å². The van der Waals surface area contributed by atoms with Gasteiger partial charge >= 0.3 is 0 Å². The van der Waals surface area contributed by atoms with Crippen molar-refractivity contribution in [1.29, 1.82) is 0 Å². The molecule has 7 heteroatoms. The van der Waals surface area contributed by atoms with Crippen LogP contribution in [0.3, 0.4) is 0 Å². The molecule has 0 fully saturated rings.